The molecule has 0 amide bonds. The molecule has 3 N–H and O–H groups in total. The Bertz CT molecular complexity index is 506. The van der Waals surface area contributed by atoms with E-state index in [1.165, 1.54) is 12.1 Å². The molecule has 102 valence electrons. The topological polar surface area (TPSA) is 72.2 Å². The van der Waals surface area contributed by atoms with E-state index in [-0.39, 0.29) is 11.3 Å². The SMILES string of the molecule is CC(NCCCS(N)(=O)=O)c1cccc(F)c1F. The molecule has 1 rings (SSSR count). The molecule has 0 spiro atoms. The summed E-state index contributed by atoms with van der Waals surface area (Å²) in [6.07, 6.45) is 0.320. The van der Waals surface area contributed by atoms with Crippen molar-refractivity contribution in [3.05, 3.63) is 35.4 Å². The highest BCUT2D eigenvalue weighted by Crippen LogP contribution is 2.18. The smallest absolute Gasteiger partial charge is 0.209 e. The minimum absolute atomic E-state index is 0.141. The maximum absolute atomic E-state index is 13.4. The number of halogens is 2. The summed E-state index contributed by atoms with van der Waals surface area (Å²) in [5.41, 5.74) is 0.214. The van der Waals surface area contributed by atoms with Crippen LogP contribution < -0.4 is 10.5 Å². The number of sulfonamides is 1. The number of nitrogens with one attached hydrogen (secondary N) is 1. The number of primary sulfonamides is 1. The number of nitrogens with two attached hydrogens (primary N) is 1. The molecule has 0 aliphatic carbocycles. The highest BCUT2D eigenvalue weighted by molar-refractivity contribution is 7.89. The molecule has 0 aliphatic heterocycles. The minimum Gasteiger partial charge on any atom is -0.310 e. The van der Waals surface area contributed by atoms with E-state index < -0.39 is 27.7 Å². The number of hydrogen-bond acceptors (Lipinski definition) is 3. The second-order valence-corrected chi connectivity index (χ2v) is 5.77. The Morgan fingerprint density at radius 3 is 2.67 bits per heavy atom. The molecule has 0 heterocycles. The molecule has 1 unspecified atom stereocenters. The lowest BCUT2D eigenvalue weighted by Gasteiger charge is -2.15. The van der Waals surface area contributed by atoms with Gasteiger partial charge in [-0.2, -0.15) is 0 Å². The second kappa shape index (κ2) is 6.21. The molecule has 0 radical (unpaired) electrons. The van der Waals surface area contributed by atoms with E-state index in [1.54, 1.807) is 6.92 Å². The number of benzene rings is 1. The van der Waals surface area contributed by atoms with Gasteiger partial charge < -0.3 is 5.32 Å². The molecule has 1 aromatic rings. The van der Waals surface area contributed by atoms with Crippen LogP contribution in [-0.2, 0) is 10.0 Å². The van der Waals surface area contributed by atoms with Crippen molar-refractivity contribution in [1.82, 2.24) is 5.32 Å². The van der Waals surface area contributed by atoms with E-state index in [0.717, 1.165) is 6.07 Å². The lowest BCUT2D eigenvalue weighted by atomic mass is 10.1. The predicted octanol–water partition coefficient (Wildman–Crippen LogP) is 1.29. The zero-order chi connectivity index (χ0) is 13.8. The van der Waals surface area contributed by atoms with E-state index in [2.05, 4.69) is 5.32 Å². The molecule has 0 saturated carbocycles. The first-order chi connectivity index (χ1) is 8.31. The lowest BCUT2D eigenvalue weighted by Crippen LogP contribution is -2.25. The standard InChI is InChI=1S/C11H16F2N2O2S/c1-8(15-6-3-7-18(14,16)17)9-4-2-5-10(12)11(9)13/h2,4-5,8,15H,3,6-7H2,1H3,(H2,14,16,17). The second-order valence-electron chi connectivity index (χ2n) is 4.04. The average Bonchev–Trinajstić information content (AvgIpc) is 2.26. The summed E-state index contributed by atoms with van der Waals surface area (Å²) in [4.78, 5) is 0. The molecular weight excluding hydrogens is 262 g/mol. The van der Waals surface area contributed by atoms with E-state index in [0.29, 0.717) is 13.0 Å². The van der Waals surface area contributed by atoms with Crippen molar-refractivity contribution in [2.75, 3.05) is 12.3 Å². The van der Waals surface area contributed by atoms with Crippen LogP contribution in [0.2, 0.25) is 0 Å². The fourth-order valence-electron chi connectivity index (χ4n) is 1.56. The monoisotopic (exact) mass is 278 g/mol. The van der Waals surface area contributed by atoms with Crippen molar-refractivity contribution in [2.24, 2.45) is 5.14 Å². The first kappa shape index (κ1) is 15.0. The Morgan fingerprint density at radius 2 is 2.06 bits per heavy atom. The normalized spacial score (nSPS) is 13.6. The molecule has 0 saturated heterocycles. The number of rotatable bonds is 6. The van der Waals surface area contributed by atoms with Gasteiger partial charge in [0.05, 0.1) is 5.75 Å². The van der Waals surface area contributed by atoms with Crippen LogP contribution in [0.5, 0.6) is 0 Å². The van der Waals surface area contributed by atoms with Gasteiger partial charge in [-0.3, -0.25) is 0 Å². The first-order valence-electron chi connectivity index (χ1n) is 5.49. The Kier molecular flexibility index (Phi) is 5.18. The van der Waals surface area contributed by atoms with Crippen molar-refractivity contribution in [2.45, 2.75) is 19.4 Å². The zero-order valence-corrected chi connectivity index (χ0v) is 10.8. The summed E-state index contributed by atoms with van der Waals surface area (Å²) >= 11 is 0. The van der Waals surface area contributed by atoms with Crippen molar-refractivity contribution in [3.8, 4) is 0 Å². The highest BCUT2D eigenvalue weighted by Gasteiger charge is 2.13. The fraction of sp³-hybridized carbons (Fsp3) is 0.455. The van der Waals surface area contributed by atoms with Gasteiger partial charge in [-0.15, -0.1) is 0 Å². The maximum Gasteiger partial charge on any atom is 0.209 e. The third kappa shape index (κ3) is 4.67. The molecule has 18 heavy (non-hydrogen) atoms. The van der Waals surface area contributed by atoms with Gasteiger partial charge in [0, 0.05) is 11.6 Å². The van der Waals surface area contributed by atoms with Crippen LogP contribution in [0.25, 0.3) is 0 Å². The molecule has 0 fully saturated rings. The molecule has 7 heteroatoms. The molecule has 0 bridgehead atoms. The van der Waals surface area contributed by atoms with Crippen molar-refractivity contribution in [3.63, 3.8) is 0 Å². The van der Waals surface area contributed by atoms with Crippen LogP contribution >= 0.6 is 0 Å². The lowest BCUT2D eigenvalue weighted by molar-refractivity contribution is 0.472. The van der Waals surface area contributed by atoms with E-state index in [1.807, 2.05) is 0 Å². The summed E-state index contributed by atoms with van der Waals surface area (Å²) in [5.74, 6) is -1.92. The summed E-state index contributed by atoms with van der Waals surface area (Å²) in [6, 6.07) is 3.56. The van der Waals surface area contributed by atoms with Gasteiger partial charge in [-0.1, -0.05) is 12.1 Å². The Labute approximate surface area is 105 Å². The minimum atomic E-state index is -3.48. The van der Waals surface area contributed by atoms with Crippen LogP contribution in [-0.4, -0.2) is 20.7 Å². The average molecular weight is 278 g/mol. The highest BCUT2D eigenvalue weighted by atomic mass is 32.2. The third-order valence-electron chi connectivity index (χ3n) is 2.50. The van der Waals surface area contributed by atoms with Crippen LogP contribution in [0, 0.1) is 11.6 Å². The third-order valence-corrected chi connectivity index (χ3v) is 3.36. The van der Waals surface area contributed by atoms with E-state index in [4.69, 9.17) is 5.14 Å². The Morgan fingerprint density at radius 1 is 1.39 bits per heavy atom. The molecule has 0 aromatic heterocycles. The molecule has 1 atom stereocenters. The van der Waals surface area contributed by atoms with Gasteiger partial charge in [-0.05, 0) is 26.0 Å². The van der Waals surface area contributed by atoms with E-state index >= 15 is 0 Å². The van der Waals surface area contributed by atoms with E-state index in [9.17, 15) is 17.2 Å². The molecule has 4 nitrogen and oxygen atoms in total. The van der Waals surface area contributed by atoms with Gasteiger partial charge >= 0.3 is 0 Å². The van der Waals surface area contributed by atoms with Gasteiger partial charge in [0.2, 0.25) is 10.0 Å². The predicted molar refractivity (Wildman–Crippen MR) is 65.4 cm³/mol. The first-order valence-corrected chi connectivity index (χ1v) is 7.20. The summed E-state index contributed by atoms with van der Waals surface area (Å²) in [6.45, 7) is 2.03. The number of hydrogen-bond donors (Lipinski definition) is 2. The molecule has 0 aliphatic rings. The quantitative estimate of drug-likeness (QED) is 0.770. The zero-order valence-electron chi connectivity index (χ0n) is 9.99. The Balaban J connectivity index is 2.51. The van der Waals surface area contributed by atoms with Crippen LogP contribution in [0.1, 0.15) is 24.9 Å². The van der Waals surface area contributed by atoms with Gasteiger partial charge in [-0.25, -0.2) is 22.3 Å². The van der Waals surface area contributed by atoms with Crippen molar-refractivity contribution >= 4 is 10.0 Å². The van der Waals surface area contributed by atoms with Gasteiger partial charge in [0.25, 0.3) is 0 Å². The summed E-state index contributed by atoms with van der Waals surface area (Å²) in [5, 5.41) is 7.76. The maximum atomic E-state index is 13.4. The molecule has 1 aromatic carbocycles. The largest absolute Gasteiger partial charge is 0.310 e. The fourth-order valence-corrected chi connectivity index (χ4v) is 2.10. The summed E-state index contributed by atoms with van der Waals surface area (Å²) in [7, 11) is -3.48. The summed E-state index contributed by atoms with van der Waals surface area (Å²) < 4.78 is 47.8. The Hall–Kier alpha value is -1.05. The van der Waals surface area contributed by atoms with Crippen LogP contribution in [0.3, 0.4) is 0 Å². The molecular formula is C11H16F2N2O2S. The van der Waals surface area contributed by atoms with Crippen molar-refractivity contribution in [1.29, 1.82) is 0 Å². The van der Waals surface area contributed by atoms with Crippen LogP contribution in [0.15, 0.2) is 18.2 Å². The van der Waals surface area contributed by atoms with Gasteiger partial charge in [0.1, 0.15) is 0 Å². The van der Waals surface area contributed by atoms with Crippen LogP contribution in [0.4, 0.5) is 8.78 Å². The van der Waals surface area contributed by atoms with Gasteiger partial charge in [0.15, 0.2) is 11.6 Å². The van der Waals surface area contributed by atoms with Crippen molar-refractivity contribution < 1.29 is 17.2 Å².